The quantitative estimate of drug-likeness (QED) is 0.855. The van der Waals surface area contributed by atoms with E-state index in [-0.39, 0.29) is 0 Å². The lowest BCUT2D eigenvalue weighted by atomic mass is 9.99. The molecule has 0 fully saturated rings. The first-order valence-corrected chi connectivity index (χ1v) is 5.61. The third-order valence-corrected chi connectivity index (χ3v) is 2.43. The fraction of sp³-hybridized carbons (Fsp3) is 0.538. The fourth-order valence-corrected chi connectivity index (χ4v) is 1.68. The molecule has 1 N–H and O–H groups in total. The molecular weight excluding hydrogens is 229 g/mol. The van der Waals surface area contributed by atoms with Crippen molar-refractivity contribution in [3.8, 4) is 0 Å². The minimum absolute atomic E-state index is 0.315. The second-order valence-corrected chi connectivity index (χ2v) is 4.67. The Kier molecular flexibility index (Phi) is 4.57. The third-order valence-electron chi connectivity index (χ3n) is 2.43. The molecule has 0 spiro atoms. The number of halogens is 3. The van der Waals surface area contributed by atoms with E-state index in [4.69, 9.17) is 0 Å². The molecule has 0 amide bonds. The van der Waals surface area contributed by atoms with E-state index >= 15 is 0 Å². The molecule has 0 aliphatic carbocycles. The van der Waals surface area contributed by atoms with Crippen LogP contribution in [0.1, 0.15) is 37.5 Å². The Labute approximate surface area is 99.3 Å². The maximum atomic E-state index is 12.1. The van der Waals surface area contributed by atoms with Gasteiger partial charge in [0.1, 0.15) is 0 Å². The van der Waals surface area contributed by atoms with E-state index in [1.807, 2.05) is 0 Å². The van der Waals surface area contributed by atoms with E-state index in [1.165, 1.54) is 0 Å². The van der Waals surface area contributed by atoms with Crippen molar-refractivity contribution in [2.24, 2.45) is 5.92 Å². The van der Waals surface area contributed by atoms with Crippen molar-refractivity contribution < 1.29 is 18.3 Å². The highest BCUT2D eigenvalue weighted by Crippen LogP contribution is 2.29. The molecule has 0 bridgehead atoms. The van der Waals surface area contributed by atoms with Crippen molar-refractivity contribution in [1.82, 2.24) is 0 Å². The highest BCUT2D eigenvalue weighted by atomic mass is 19.4. The fourth-order valence-electron chi connectivity index (χ4n) is 1.68. The Morgan fingerprint density at radius 1 is 1.12 bits per heavy atom. The van der Waals surface area contributed by atoms with Gasteiger partial charge in [0.05, 0.1) is 12.5 Å². The SMILES string of the molecule is CC(C)Cc1ccc(C(O)CC(F)(F)F)cc1. The van der Waals surface area contributed by atoms with Gasteiger partial charge in [0.2, 0.25) is 0 Å². The predicted octanol–water partition coefficient (Wildman–Crippen LogP) is 3.87. The van der Waals surface area contributed by atoms with E-state index in [9.17, 15) is 18.3 Å². The van der Waals surface area contributed by atoms with Crippen molar-refractivity contribution >= 4 is 0 Å². The maximum absolute atomic E-state index is 12.1. The molecule has 96 valence electrons. The summed E-state index contributed by atoms with van der Waals surface area (Å²) in [4.78, 5) is 0. The summed E-state index contributed by atoms with van der Waals surface area (Å²) in [5.41, 5.74) is 1.39. The summed E-state index contributed by atoms with van der Waals surface area (Å²) in [6, 6.07) is 6.67. The topological polar surface area (TPSA) is 20.2 Å². The van der Waals surface area contributed by atoms with Crippen molar-refractivity contribution in [1.29, 1.82) is 0 Å². The van der Waals surface area contributed by atoms with E-state index < -0.39 is 18.7 Å². The zero-order valence-corrected chi connectivity index (χ0v) is 9.96. The smallest absolute Gasteiger partial charge is 0.388 e. The van der Waals surface area contributed by atoms with Crippen LogP contribution in [0.5, 0.6) is 0 Å². The molecule has 4 heteroatoms. The van der Waals surface area contributed by atoms with E-state index in [0.29, 0.717) is 11.5 Å². The van der Waals surface area contributed by atoms with Gasteiger partial charge < -0.3 is 5.11 Å². The largest absolute Gasteiger partial charge is 0.391 e. The van der Waals surface area contributed by atoms with Gasteiger partial charge in [-0.2, -0.15) is 13.2 Å². The number of alkyl halides is 3. The average molecular weight is 246 g/mol. The summed E-state index contributed by atoms with van der Waals surface area (Å²) in [5, 5.41) is 9.41. The second kappa shape index (κ2) is 5.54. The van der Waals surface area contributed by atoms with E-state index in [0.717, 1.165) is 12.0 Å². The van der Waals surface area contributed by atoms with Crippen LogP contribution in [0.2, 0.25) is 0 Å². The van der Waals surface area contributed by atoms with Gasteiger partial charge in [-0.3, -0.25) is 0 Å². The van der Waals surface area contributed by atoms with Gasteiger partial charge in [0.25, 0.3) is 0 Å². The molecule has 1 atom stereocenters. The molecule has 17 heavy (non-hydrogen) atoms. The molecule has 1 aromatic rings. The molecule has 0 radical (unpaired) electrons. The van der Waals surface area contributed by atoms with Crippen LogP contribution in [0.4, 0.5) is 13.2 Å². The van der Waals surface area contributed by atoms with Crippen LogP contribution < -0.4 is 0 Å². The van der Waals surface area contributed by atoms with E-state index in [1.54, 1.807) is 24.3 Å². The van der Waals surface area contributed by atoms with Gasteiger partial charge in [-0.1, -0.05) is 38.1 Å². The second-order valence-electron chi connectivity index (χ2n) is 4.67. The molecular formula is C13H17F3O. The molecule has 0 aromatic heterocycles. The maximum Gasteiger partial charge on any atom is 0.391 e. The molecule has 0 saturated carbocycles. The van der Waals surface area contributed by atoms with Crippen LogP contribution in [0.3, 0.4) is 0 Å². The molecule has 0 saturated heterocycles. The van der Waals surface area contributed by atoms with Gasteiger partial charge in [-0.05, 0) is 23.5 Å². The highest BCUT2D eigenvalue weighted by Gasteiger charge is 2.31. The Morgan fingerprint density at radius 2 is 1.65 bits per heavy atom. The molecule has 1 unspecified atom stereocenters. The first kappa shape index (κ1) is 14.0. The van der Waals surface area contributed by atoms with Crippen molar-refractivity contribution in [3.05, 3.63) is 35.4 Å². The van der Waals surface area contributed by atoms with Crippen LogP contribution in [0, 0.1) is 5.92 Å². The zero-order chi connectivity index (χ0) is 13.1. The molecule has 0 aliphatic heterocycles. The van der Waals surface area contributed by atoms with Crippen LogP contribution in [0.15, 0.2) is 24.3 Å². The minimum Gasteiger partial charge on any atom is -0.388 e. The van der Waals surface area contributed by atoms with Crippen molar-refractivity contribution in [2.45, 2.75) is 39.0 Å². The molecule has 1 aromatic carbocycles. The normalized spacial score (nSPS) is 14.1. The number of benzene rings is 1. The lowest BCUT2D eigenvalue weighted by Crippen LogP contribution is -2.13. The van der Waals surface area contributed by atoms with Crippen LogP contribution >= 0.6 is 0 Å². The summed E-state index contributed by atoms with van der Waals surface area (Å²) < 4.78 is 36.2. The Bertz CT molecular complexity index is 341. The van der Waals surface area contributed by atoms with Crippen LogP contribution in [0.25, 0.3) is 0 Å². The number of aliphatic hydroxyl groups excluding tert-OH is 1. The number of aliphatic hydroxyl groups is 1. The monoisotopic (exact) mass is 246 g/mol. The summed E-state index contributed by atoms with van der Waals surface area (Å²) >= 11 is 0. The average Bonchev–Trinajstić information content (AvgIpc) is 2.15. The Morgan fingerprint density at radius 3 is 2.06 bits per heavy atom. The summed E-state index contributed by atoms with van der Waals surface area (Å²) in [7, 11) is 0. The van der Waals surface area contributed by atoms with Gasteiger partial charge in [-0.25, -0.2) is 0 Å². The van der Waals surface area contributed by atoms with Crippen LogP contribution in [-0.4, -0.2) is 11.3 Å². The molecule has 1 nitrogen and oxygen atoms in total. The first-order chi connectivity index (χ1) is 7.78. The Hall–Kier alpha value is -1.03. The van der Waals surface area contributed by atoms with Gasteiger partial charge in [0.15, 0.2) is 0 Å². The highest BCUT2D eigenvalue weighted by molar-refractivity contribution is 5.24. The zero-order valence-electron chi connectivity index (χ0n) is 9.96. The van der Waals surface area contributed by atoms with Crippen LogP contribution in [-0.2, 0) is 6.42 Å². The lowest BCUT2D eigenvalue weighted by Gasteiger charge is -2.14. The minimum atomic E-state index is -4.34. The number of rotatable bonds is 4. The Balaban J connectivity index is 2.67. The van der Waals surface area contributed by atoms with Gasteiger partial charge in [0, 0.05) is 0 Å². The standard InChI is InChI=1S/C13H17F3O/c1-9(2)7-10-3-5-11(6-4-10)12(17)8-13(14,15)16/h3-6,9,12,17H,7-8H2,1-2H3. The molecule has 0 aliphatic rings. The van der Waals surface area contributed by atoms with Gasteiger partial charge in [-0.15, -0.1) is 0 Å². The predicted molar refractivity (Wildman–Crippen MR) is 60.6 cm³/mol. The van der Waals surface area contributed by atoms with Gasteiger partial charge >= 0.3 is 6.18 Å². The summed E-state index contributed by atoms with van der Waals surface area (Å²) in [5.74, 6) is 0.501. The molecule has 1 rings (SSSR count). The number of hydrogen-bond acceptors (Lipinski definition) is 1. The van der Waals surface area contributed by atoms with Crippen molar-refractivity contribution in [3.63, 3.8) is 0 Å². The summed E-state index contributed by atoms with van der Waals surface area (Å²) in [6.07, 6.45) is -6.12. The third kappa shape index (κ3) is 5.22. The number of hydrogen-bond donors (Lipinski definition) is 1. The summed E-state index contributed by atoms with van der Waals surface area (Å²) in [6.45, 7) is 4.15. The lowest BCUT2D eigenvalue weighted by molar-refractivity contribution is -0.154. The van der Waals surface area contributed by atoms with Crippen molar-refractivity contribution in [2.75, 3.05) is 0 Å². The van der Waals surface area contributed by atoms with E-state index in [2.05, 4.69) is 13.8 Å². The first-order valence-electron chi connectivity index (χ1n) is 5.61. The molecule has 0 heterocycles.